The topological polar surface area (TPSA) is 122 Å². The Kier molecular flexibility index (Phi) is 8.15. The first-order chi connectivity index (χ1) is 16.9. The van der Waals surface area contributed by atoms with Crippen LogP contribution in [0.4, 0.5) is 23.7 Å². The highest BCUT2D eigenvalue weighted by Crippen LogP contribution is 2.39. The van der Waals surface area contributed by atoms with Crippen LogP contribution in [0, 0.1) is 0 Å². The highest BCUT2D eigenvalue weighted by atomic mass is 35.5. The van der Waals surface area contributed by atoms with E-state index in [9.17, 15) is 32.3 Å². The number of amides is 3. The van der Waals surface area contributed by atoms with E-state index in [4.69, 9.17) is 26.2 Å². The smallest absolute Gasteiger partial charge is 0.416 e. The van der Waals surface area contributed by atoms with Crippen molar-refractivity contribution in [1.29, 1.82) is 0 Å². The molecule has 0 unspecified atom stereocenters. The minimum atomic E-state index is -4.61. The van der Waals surface area contributed by atoms with E-state index in [1.54, 1.807) is 0 Å². The summed E-state index contributed by atoms with van der Waals surface area (Å²) >= 11 is 6.69. The number of ether oxygens (including phenoxy) is 2. The Balaban J connectivity index is 1.74. The molecule has 2 aromatic carbocycles. The van der Waals surface area contributed by atoms with Crippen LogP contribution in [-0.4, -0.2) is 53.3 Å². The minimum Gasteiger partial charge on any atom is -0.493 e. The van der Waals surface area contributed by atoms with Gasteiger partial charge in [0.05, 0.1) is 22.6 Å². The van der Waals surface area contributed by atoms with Gasteiger partial charge in [0, 0.05) is 5.69 Å². The van der Waals surface area contributed by atoms with E-state index in [1.807, 2.05) is 0 Å². The number of carboxylic acid groups (broad SMARTS) is 1. The van der Waals surface area contributed by atoms with E-state index in [-0.39, 0.29) is 27.1 Å². The molecule has 0 saturated carbocycles. The zero-order chi connectivity index (χ0) is 26.6. The molecule has 1 heterocycles. The first-order valence-corrected chi connectivity index (χ1v) is 11.0. The van der Waals surface area contributed by atoms with Gasteiger partial charge in [-0.05, 0) is 53.7 Å². The van der Waals surface area contributed by atoms with Crippen molar-refractivity contribution in [1.82, 2.24) is 4.90 Å². The molecule has 0 spiro atoms. The van der Waals surface area contributed by atoms with E-state index < -0.39 is 47.9 Å². The van der Waals surface area contributed by atoms with Crippen LogP contribution >= 0.6 is 23.4 Å². The standard InChI is InChI=1S/C22H16ClF3N2O7S/c1-34-15-6-11(5-14(23)19(15)35-10-18(30)31)7-16-20(32)28(21(33)36-16)9-17(29)27-13-4-2-3-12(8-13)22(24,25)26/h2-8H,9-10H2,1H3,(H,27,29)(H,30,31)/b16-7-. The molecule has 0 aliphatic carbocycles. The maximum atomic E-state index is 12.9. The molecule has 1 fully saturated rings. The zero-order valence-electron chi connectivity index (χ0n) is 18.2. The summed E-state index contributed by atoms with van der Waals surface area (Å²) in [7, 11) is 1.29. The molecule has 0 bridgehead atoms. The Morgan fingerprint density at radius 1 is 1.22 bits per heavy atom. The Labute approximate surface area is 210 Å². The van der Waals surface area contributed by atoms with Crippen molar-refractivity contribution in [3.8, 4) is 11.5 Å². The second-order valence-corrected chi connectivity index (χ2v) is 8.51. The minimum absolute atomic E-state index is 0.0125. The van der Waals surface area contributed by atoms with Crippen LogP contribution < -0.4 is 14.8 Å². The monoisotopic (exact) mass is 544 g/mol. The Bertz CT molecular complexity index is 1270. The summed E-state index contributed by atoms with van der Waals surface area (Å²) in [5.74, 6) is -2.86. The number of aliphatic carboxylic acids is 1. The first kappa shape index (κ1) is 26.9. The van der Waals surface area contributed by atoms with Crippen molar-refractivity contribution in [3.63, 3.8) is 0 Å². The maximum Gasteiger partial charge on any atom is 0.416 e. The first-order valence-electron chi connectivity index (χ1n) is 9.83. The number of nitrogens with zero attached hydrogens (tertiary/aromatic N) is 1. The lowest BCUT2D eigenvalue weighted by Gasteiger charge is -2.14. The fraction of sp³-hybridized carbons (Fsp3) is 0.182. The average molecular weight is 545 g/mol. The molecular weight excluding hydrogens is 529 g/mol. The van der Waals surface area contributed by atoms with Gasteiger partial charge in [0.1, 0.15) is 6.54 Å². The number of alkyl halides is 3. The molecule has 2 aromatic rings. The molecule has 1 aliphatic heterocycles. The third-order valence-electron chi connectivity index (χ3n) is 4.54. The largest absolute Gasteiger partial charge is 0.493 e. The summed E-state index contributed by atoms with van der Waals surface area (Å²) in [6, 6.07) is 6.67. The molecule has 14 heteroatoms. The number of hydrogen-bond acceptors (Lipinski definition) is 7. The molecule has 0 radical (unpaired) electrons. The number of imide groups is 1. The normalized spacial score (nSPS) is 14.8. The van der Waals surface area contributed by atoms with Gasteiger partial charge in [-0.1, -0.05) is 17.7 Å². The quantitative estimate of drug-likeness (QED) is 0.466. The SMILES string of the molecule is COc1cc(/C=C2\SC(=O)N(CC(=O)Nc3cccc(C(F)(F)F)c3)C2=O)cc(Cl)c1OCC(=O)O. The van der Waals surface area contributed by atoms with Crippen LogP contribution in [0.5, 0.6) is 11.5 Å². The molecule has 190 valence electrons. The number of anilines is 1. The van der Waals surface area contributed by atoms with E-state index in [0.29, 0.717) is 22.2 Å². The van der Waals surface area contributed by atoms with Crippen LogP contribution in [0.25, 0.3) is 6.08 Å². The number of nitrogens with one attached hydrogen (secondary N) is 1. The van der Waals surface area contributed by atoms with E-state index in [2.05, 4.69) is 5.32 Å². The van der Waals surface area contributed by atoms with Crippen molar-refractivity contribution in [3.05, 3.63) is 57.5 Å². The molecule has 0 aromatic heterocycles. The zero-order valence-corrected chi connectivity index (χ0v) is 19.8. The number of halogens is 4. The van der Waals surface area contributed by atoms with Gasteiger partial charge in [0.15, 0.2) is 18.1 Å². The van der Waals surface area contributed by atoms with Crippen LogP contribution in [0.15, 0.2) is 41.3 Å². The Hall–Kier alpha value is -3.71. The van der Waals surface area contributed by atoms with Gasteiger partial charge >= 0.3 is 12.1 Å². The Morgan fingerprint density at radius 2 is 1.94 bits per heavy atom. The maximum absolute atomic E-state index is 12.9. The summed E-state index contributed by atoms with van der Waals surface area (Å²) in [4.78, 5) is 48.7. The third-order valence-corrected chi connectivity index (χ3v) is 5.73. The average Bonchev–Trinajstić information content (AvgIpc) is 3.04. The lowest BCUT2D eigenvalue weighted by molar-refractivity contribution is -0.139. The van der Waals surface area contributed by atoms with E-state index in [1.165, 1.54) is 31.4 Å². The second-order valence-electron chi connectivity index (χ2n) is 7.11. The van der Waals surface area contributed by atoms with Gasteiger partial charge in [-0.2, -0.15) is 13.2 Å². The summed E-state index contributed by atoms with van der Waals surface area (Å²) in [6.45, 7) is -1.39. The van der Waals surface area contributed by atoms with Crippen LogP contribution in [0.1, 0.15) is 11.1 Å². The molecule has 1 aliphatic rings. The third kappa shape index (κ3) is 6.49. The number of rotatable bonds is 8. The molecular formula is C22H16ClF3N2O7S. The van der Waals surface area contributed by atoms with E-state index in [0.717, 1.165) is 18.2 Å². The van der Waals surface area contributed by atoms with Crippen LogP contribution in [0.3, 0.4) is 0 Å². The number of carbonyl (C=O) groups is 4. The van der Waals surface area contributed by atoms with Gasteiger partial charge in [-0.25, -0.2) is 4.79 Å². The molecule has 0 atom stereocenters. The molecule has 3 amide bonds. The number of thioether (sulfide) groups is 1. The van der Waals surface area contributed by atoms with Crippen molar-refractivity contribution in [2.24, 2.45) is 0 Å². The van der Waals surface area contributed by atoms with Gasteiger partial charge in [0.25, 0.3) is 11.1 Å². The van der Waals surface area contributed by atoms with Gasteiger partial charge in [-0.3, -0.25) is 19.3 Å². The van der Waals surface area contributed by atoms with Crippen molar-refractivity contribution < 1.29 is 46.9 Å². The van der Waals surface area contributed by atoms with Crippen molar-refractivity contribution in [2.75, 3.05) is 25.6 Å². The predicted octanol–water partition coefficient (Wildman–Crippen LogP) is 4.51. The molecule has 1 saturated heterocycles. The predicted molar refractivity (Wildman–Crippen MR) is 124 cm³/mol. The molecule has 3 rings (SSSR count). The summed E-state index contributed by atoms with van der Waals surface area (Å²) in [6.07, 6.45) is -3.30. The lowest BCUT2D eigenvalue weighted by Crippen LogP contribution is -2.36. The number of carbonyl (C=O) groups excluding carboxylic acids is 3. The molecule has 36 heavy (non-hydrogen) atoms. The van der Waals surface area contributed by atoms with Gasteiger partial charge < -0.3 is 19.9 Å². The van der Waals surface area contributed by atoms with Crippen LogP contribution in [-0.2, 0) is 20.6 Å². The number of hydrogen-bond donors (Lipinski definition) is 2. The Morgan fingerprint density at radius 3 is 2.58 bits per heavy atom. The van der Waals surface area contributed by atoms with Crippen molar-refractivity contribution >= 4 is 58.1 Å². The fourth-order valence-electron chi connectivity index (χ4n) is 3.00. The van der Waals surface area contributed by atoms with Gasteiger partial charge in [-0.15, -0.1) is 0 Å². The number of methoxy groups -OCH3 is 1. The number of carboxylic acids is 1. The lowest BCUT2D eigenvalue weighted by atomic mass is 10.1. The number of benzene rings is 2. The summed E-state index contributed by atoms with van der Waals surface area (Å²) in [5, 5.41) is 10.2. The summed E-state index contributed by atoms with van der Waals surface area (Å²) < 4.78 is 48.8. The highest BCUT2D eigenvalue weighted by molar-refractivity contribution is 8.18. The molecule has 2 N–H and O–H groups in total. The van der Waals surface area contributed by atoms with Gasteiger partial charge in [0.2, 0.25) is 5.91 Å². The summed E-state index contributed by atoms with van der Waals surface area (Å²) in [5.41, 5.74) is -0.800. The fourth-order valence-corrected chi connectivity index (χ4v) is 4.11. The second kappa shape index (κ2) is 10.9. The van der Waals surface area contributed by atoms with Crippen LogP contribution in [0.2, 0.25) is 5.02 Å². The highest BCUT2D eigenvalue weighted by Gasteiger charge is 2.36. The molecule has 9 nitrogen and oxygen atoms in total. The van der Waals surface area contributed by atoms with E-state index >= 15 is 0 Å². The van der Waals surface area contributed by atoms with Crippen molar-refractivity contribution in [2.45, 2.75) is 6.18 Å².